The van der Waals surface area contributed by atoms with E-state index in [2.05, 4.69) is 0 Å². The predicted molar refractivity (Wildman–Crippen MR) is 186 cm³/mol. The number of halogens is 10. The molecule has 0 N–H and O–H groups in total. The molecule has 1 aliphatic rings. The minimum atomic E-state index is -9.96. The summed E-state index contributed by atoms with van der Waals surface area (Å²) in [5.41, 5.74) is 6.22. The third kappa shape index (κ3) is 4.98. The molecule has 0 bridgehead atoms. The Balaban J connectivity index is 1.22. The topological polar surface area (TPSA) is 9.86 Å². The van der Waals surface area contributed by atoms with Crippen LogP contribution in [-0.4, -0.2) is 9.13 Å². The summed E-state index contributed by atoms with van der Waals surface area (Å²) in [5.74, 6) is 0. The highest BCUT2D eigenvalue weighted by molar-refractivity contribution is 8.46. The largest absolute Gasteiger partial charge is 0.310 e. The summed E-state index contributed by atoms with van der Waals surface area (Å²) in [7, 11) is -19.9. The summed E-state index contributed by atoms with van der Waals surface area (Å²) in [6, 6.07) is 28.2. The van der Waals surface area contributed by atoms with Gasteiger partial charge < -0.3 is 9.13 Å². The summed E-state index contributed by atoms with van der Waals surface area (Å²) in [5, 5.41) is 0.747. The number of hydrogen-bond donors (Lipinski definition) is 0. The molecule has 2 aromatic heterocycles. The molecular weight excluding hydrogens is 727 g/mol. The summed E-state index contributed by atoms with van der Waals surface area (Å²) in [6.45, 7) is 0. The number of benzene rings is 6. The lowest BCUT2D eigenvalue weighted by Gasteiger charge is -2.40. The third-order valence-electron chi connectivity index (χ3n) is 9.55. The van der Waals surface area contributed by atoms with Gasteiger partial charge in [-0.05, 0) is 101 Å². The minimum absolute atomic E-state index is 0.0132. The van der Waals surface area contributed by atoms with Crippen molar-refractivity contribution in [2.24, 2.45) is 0 Å². The normalized spacial score (nSPS) is 16.2. The van der Waals surface area contributed by atoms with Crippen molar-refractivity contribution in [3.63, 3.8) is 0 Å². The molecule has 0 saturated heterocycles. The smallest absolute Gasteiger partial charge is 0.309 e. The average molecular weight is 749 g/mol. The van der Waals surface area contributed by atoms with Crippen LogP contribution in [0.1, 0.15) is 11.1 Å². The number of hydrogen-bond acceptors (Lipinski definition) is 0. The van der Waals surface area contributed by atoms with Crippen molar-refractivity contribution >= 4 is 64.1 Å². The van der Waals surface area contributed by atoms with Crippen molar-refractivity contribution in [3.05, 3.63) is 132 Å². The molecular formula is C37H22F10N2S2. The Morgan fingerprint density at radius 3 is 1.14 bits per heavy atom. The van der Waals surface area contributed by atoms with Gasteiger partial charge in [-0.15, -0.1) is 0 Å². The minimum Gasteiger partial charge on any atom is -0.309 e. The molecule has 0 atom stereocenters. The van der Waals surface area contributed by atoms with Crippen molar-refractivity contribution < 1.29 is 38.9 Å². The number of aromatic nitrogens is 2. The van der Waals surface area contributed by atoms with Gasteiger partial charge >= 0.3 is 20.4 Å². The average Bonchev–Trinajstić information content (AvgIpc) is 3.69. The van der Waals surface area contributed by atoms with E-state index in [4.69, 9.17) is 0 Å². The van der Waals surface area contributed by atoms with Crippen LogP contribution in [0.5, 0.6) is 0 Å². The molecule has 0 radical (unpaired) electrons. The first-order chi connectivity index (χ1) is 23.5. The number of rotatable bonds is 4. The maximum absolute atomic E-state index is 13.8. The van der Waals surface area contributed by atoms with E-state index in [9.17, 15) is 38.9 Å². The lowest BCUT2D eigenvalue weighted by Crippen LogP contribution is -2.05. The number of para-hydroxylation sites is 2. The number of fused-ring (bicyclic) bond motifs is 9. The van der Waals surface area contributed by atoms with Crippen molar-refractivity contribution in [1.82, 2.24) is 9.13 Å². The van der Waals surface area contributed by atoms with Crippen LogP contribution >= 0.6 is 20.4 Å². The van der Waals surface area contributed by atoms with E-state index in [0.29, 0.717) is 74.9 Å². The molecule has 6 aromatic carbocycles. The van der Waals surface area contributed by atoms with Gasteiger partial charge in [0.2, 0.25) is 0 Å². The second kappa shape index (κ2) is 8.68. The van der Waals surface area contributed by atoms with Crippen LogP contribution in [0.2, 0.25) is 0 Å². The van der Waals surface area contributed by atoms with E-state index < -0.39 is 30.2 Å². The van der Waals surface area contributed by atoms with Crippen molar-refractivity contribution in [1.29, 1.82) is 0 Å². The lowest BCUT2D eigenvalue weighted by molar-refractivity contribution is 0.360. The summed E-state index contributed by atoms with van der Waals surface area (Å²) < 4.78 is 142. The molecule has 0 aliphatic heterocycles. The molecule has 51 heavy (non-hydrogen) atoms. The summed E-state index contributed by atoms with van der Waals surface area (Å²) in [6.07, 6.45) is 0.548. The Kier molecular flexibility index (Phi) is 5.42. The van der Waals surface area contributed by atoms with Crippen molar-refractivity contribution in [2.75, 3.05) is 0 Å². The quantitative estimate of drug-likeness (QED) is 0.159. The highest BCUT2D eigenvalue weighted by atomic mass is 32.5. The highest BCUT2D eigenvalue weighted by Gasteiger charge is 2.66. The fourth-order valence-electron chi connectivity index (χ4n) is 7.36. The van der Waals surface area contributed by atoms with Crippen LogP contribution in [0.25, 0.3) is 66.1 Å². The van der Waals surface area contributed by atoms with Crippen molar-refractivity contribution in [2.45, 2.75) is 16.2 Å². The van der Waals surface area contributed by atoms with Crippen LogP contribution in [0.3, 0.4) is 0 Å². The van der Waals surface area contributed by atoms with E-state index in [1.54, 1.807) is 69.8 Å². The van der Waals surface area contributed by atoms with Crippen LogP contribution in [0.4, 0.5) is 38.9 Å². The predicted octanol–water partition coefficient (Wildman–Crippen LogP) is 14.8. The molecule has 1 aliphatic carbocycles. The van der Waals surface area contributed by atoms with E-state index in [0.717, 1.165) is 34.4 Å². The van der Waals surface area contributed by atoms with Gasteiger partial charge in [-0.1, -0.05) is 87.4 Å². The maximum atomic E-state index is 13.8. The number of nitrogens with zero attached hydrogens (tertiary/aromatic N) is 2. The molecule has 9 rings (SSSR count). The van der Waals surface area contributed by atoms with Gasteiger partial charge in [0, 0.05) is 32.9 Å². The standard InChI is InChI=1S/C37H22F10N2S2/c38-50(39,40,41,42)26-13-15-36-32(20-26)28-5-1-3-7-34(28)48(36)24-11-9-22-17-23-10-12-25(19-31(23)30(22)18-24)49-35-8-4-2-6-29(35)33-21-27(14-16-37(33)49)51(43,44,45,46)47/h1-16,18-21H,17H2. The van der Waals surface area contributed by atoms with Gasteiger partial charge in [0.25, 0.3) is 0 Å². The molecule has 2 nitrogen and oxygen atoms in total. The molecule has 0 fully saturated rings. The first kappa shape index (κ1) is 31.9. The van der Waals surface area contributed by atoms with Gasteiger partial charge in [0.15, 0.2) is 0 Å². The van der Waals surface area contributed by atoms with Crippen LogP contribution in [0, 0.1) is 0 Å². The monoisotopic (exact) mass is 748 g/mol. The second-order valence-corrected chi connectivity index (χ2v) is 17.7. The molecule has 0 amide bonds. The van der Waals surface area contributed by atoms with Crippen LogP contribution in [-0.2, 0) is 6.42 Å². The van der Waals surface area contributed by atoms with Gasteiger partial charge in [0.05, 0.1) is 22.1 Å². The lowest BCUT2D eigenvalue weighted by atomic mass is 10.0. The molecule has 0 spiro atoms. The third-order valence-corrected chi connectivity index (χ3v) is 11.8. The highest BCUT2D eigenvalue weighted by Crippen LogP contribution is 3.02. The fraction of sp³-hybridized carbons (Fsp3) is 0.0270. The second-order valence-electron chi connectivity index (χ2n) is 12.9. The first-order valence-corrected chi connectivity index (χ1v) is 19.3. The van der Waals surface area contributed by atoms with E-state index in [-0.39, 0.29) is 10.8 Å². The summed E-state index contributed by atoms with van der Waals surface area (Å²) in [4.78, 5) is -3.95. The first-order valence-electron chi connectivity index (χ1n) is 15.4. The molecule has 262 valence electrons. The van der Waals surface area contributed by atoms with Crippen LogP contribution in [0.15, 0.2) is 131 Å². The molecule has 0 saturated carbocycles. The Morgan fingerprint density at radius 1 is 0.373 bits per heavy atom. The van der Waals surface area contributed by atoms with Crippen molar-refractivity contribution in [3.8, 4) is 22.5 Å². The fourth-order valence-corrected chi connectivity index (χ4v) is 8.69. The molecule has 14 heteroatoms. The van der Waals surface area contributed by atoms with E-state index in [1.807, 2.05) is 24.3 Å². The summed E-state index contributed by atoms with van der Waals surface area (Å²) >= 11 is 0. The Bertz CT molecular complexity index is 2660. The molecule has 8 aromatic rings. The van der Waals surface area contributed by atoms with Gasteiger partial charge in [0.1, 0.15) is 9.79 Å². The maximum Gasteiger partial charge on any atom is 0.310 e. The van der Waals surface area contributed by atoms with Crippen LogP contribution < -0.4 is 0 Å². The zero-order valence-corrected chi connectivity index (χ0v) is 27.4. The van der Waals surface area contributed by atoms with Gasteiger partial charge in [-0.3, -0.25) is 0 Å². The molecule has 2 heterocycles. The van der Waals surface area contributed by atoms with E-state index in [1.165, 1.54) is 0 Å². The zero-order valence-electron chi connectivity index (χ0n) is 25.7. The Morgan fingerprint density at radius 2 is 0.745 bits per heavy atom. The van der Waals surface area contributed by atoms with E-state index >= 15 is 0 Å². The Labute approximate surface area is 282 Å². The van der Waals surface area contributed by atoms with Gasteiger partial charge in [-0.2, -0.15) is 0 Å². The Hall–Kier alpha value is -5.08. The molecule has 0 unspecified atom stereocenters. The SMILES string of the molecule is FS(F)(F)(F)(F)c1ccc2c(c1)c1ccccc1n2-c1ccc2c(c1)-c1cc(-n3c4ccccc4c4cc(S(F)(F)(F)(F)F)ccc43)ccc1C2. The zero-order chi connectivity index (χ0) is 36.1. The van der Waals surface area contributed by atoms with Gasteiger partial charge in [-0.25, -0.2) is 0 Å².